The molecule has 0 aromatic carbocycles. The minimum absolute atomic E-state index is 0.164. The lowest BCUT2D eigenvalue weighted by molar-refractivity contribution is -0.137. The number of hydrogen-bond donors (Lipinski definition) is 3. The van der Waals surface area contributed by atoms with E-state index in [-0.39, 0.29) is 12.5 Å². The van der Waals surface area contributed by atoms with Gasteiger partial charge in [-0.05, 0) is 32.0 Å². The van der Waals surface area contributed by atoms with E-state index in [9.17, 15) is 4.79 Å². The molecule has 0 saturated carbocycles. The number of anilines is 4. The third-order valence-electron chi connectivity index (χ3n) is 5.84. The van der Waals surface area contributed by atoms with E-state index < -0.39 is 5.97 Å². The fourth-order valence-electron chi connectivity index (χ4n) is 3.99. The summed E-state index contributed by atoms with van der Waals surface area (Å²) in [6.07, 6.45) is 2.65. The Morgan fingerprint density at radius 3 is 2.64 bits per heavy atom. The summed E-state index contributed by atoms with van der Waals surface area (Å²) in [5.74, 6) is 1.69. The van der Waals surface area contributed by atoms with Crippen LogP contribution >= 0.6 is 0 Å². The first-order valence-corrected chi connectivity index (χ1v) is 12.1. The van der Waals surface area contributed by atoms with E-state index in [1.54, 1.807) is 13.3 Å². The number of nitrogens with zero attached hydrogens (tertiary/aromatic N) is 7. The average Bonchev–Trinajstić information content (AvgIpc) is 2.87. The molecule has 12 nitrogen and oxygen atoms in total. The molecule has 1 aliphatic rings. The molecular formula is C24H33N9O3. The monoisotopic (exact) mass is 495 g/mol. The lowest BCUT2D eigenvalue weighted by Crippen LogP contribution is -2.47. The van der Waals surface area contributed by atoms with E-state index in [4.69, 9.17) is 19.8 Å². The number of carbonyl (C=O) groups is 1. The van der Waals surface area contributed by atoms with Gasteiger partial charge < -0.3 is 25.4 Å². The maximum Gasteiger partial charge on any atom is 0.304 e. The number of carboxylic acids is 1. The molecule has 0 aliphatic carbocycles. The van der Waals surface area contributed by atoms with Crippen molar-refractivity contribution in [2.45, 2.75) is 32.7 Å². The van der Waals surface area contributed by atoms with E-state index in [0.717, 1.165) is 48.6 Å². The molecule has 1 saturated heterocycles. The van der Waals surface area contributed by atoms with Gasteiger partial charge >= 0.3 is 5.97 Å². The molecule has 4 rings (SSSR count). The number of aromatic nitrogens is 5. The van der Waals surface area contributed by atoms with Crippen molar-refractivity contribution in [3.05, 3.63) is 30.1 Å². The Kier molecular flexibility index (Phi) is 8.39. The van der Waals surface area contributed by atoms with Crippen molar-refractivity contribution < 1.29 is 14.6 Å². The minimum Gasteiger partial charge on any atom is -0.481 e. The summed E-state index contributed by atoms with van der Waals surface area (Å²) in [6, 6.07) is 5.95. The van der Waals surface area contributed by atoms with Crippen molar-refractivity contribution in [1.82, 2.24) is 30.0 Å². The second kappa shape index (κ2) is 11.9. The zero-order valence-electron chi connectivity index (χ0n) is 20.9. The number of rotatable bonds is 11. The summed E-state index contributed by atoms with van der Waals surface area (Å²) in [7, 11) is 1.68. The number of fused-ring (bicyclic) bond motifs is 1. The Morgan fingerprint density at radius 2 is 1.97 bits per heavy atom. The number of pyridine rings is 1. The van der Waals surface area contributed by atoms with Crippen LogP contribution in [0.15, 0.2) is 24.4 Å². The summed E-state index contributed by atoms with van der Waals surface area (Å²) in [5.41, 5.74) is 1.65. The van der Waals surface area contributed by atoms with Gasteiger partial charge in [-0.1, -0.05) is 0 Å². The summed E-state index contributed by atoms with van der Waals surface area (Å²) < 4.78 is 5.19. The van der Waals surface area contributed by atoms with E-state index in [2.05, 4.69) is 49.5 Å². The summed E-state index contributed by atoms with van der Waals surface area (Å²) >= 11 is 0. The molecule has 1 aliphatic heterocycles. The average molecular weight is 496 g/mol. The predicted molar refractivity (Wildman–Crippen MR) is 138 cm³/mol. The van der Waals surface area contributed by atoms with Crippen LogP contribution in [0.25, 0.3) is 10.9 Å². The Balaban J connectivity index is 1.43. The Labute approximate surface area is 210 Å². The Bertz CT molecular complexity index is 1170. The van der Waals surface area contributed by atoms with Crippen molar-refractivity contribution in [2.24, 2.45) is 0 Å². The van der Waals surface area contributed by atoms with E-state index in [0.29, 0.717) is 37.2 Å². The van der Waals surface area contributed by atoms with Crippen LogP contribution in [-0.4, -0.2) is 93.6 Å². The minimum atomic E-state index is -0.766. The largest absolute Gasteiger partial charge is 0.481 e. The van der Waals surface area contributed by atoms with Crippen LogP contribution in [0.4, 0.5) is 23.4 Å². The van der Waals surface area contributed by atoms with Crippen LogP contribution < -0.4 is 15.5 Å². The van der Waals surface area contributed by atoms with Gasteiger partial charge in [-0.2, -0.15) is 0 Å². The van der Waals surface area contributed by atoms with Gasteiger partial charge in [0.1, 0.15) is 5.52 Å². The lowest BCUT2D eigenvalue weighted by atomic mass is 10.2. The Hall–Kier alpha value is -3.64. The van der Waals surface area contributed by atoms with Crippen LogP contribution in [0.3, 0.4) is 0 Å². The van der Waals surface area contributed by atoms with Gasteiger partial charge in [0.15, 0.2) is 17.5 Å². The topological polar surface area (TPSA) is 142 Å². The zero-order valence-corrected chi connectivity index (χ0v) is 20.9. The number of nitrogens with one attached hydrogen (secondary N) is 2. The highest BCUT2D eigenvalue weighted by molar-refractivity contribution is 5.89. The number of carboxylic acid groups (broad SMARTS) is 1. The summed E-state index contributed by atoms with van der Waals surface area (Å²) in [4.78, 5) is 29.0. The molecule has 0 unspecified atom stereocenters. The molecule has 3 aromatic heterocycles. The molecule has 4 heterocycles. The first-order valence-electron chi connectivity index (χ1n) is 12.1. The molecule has 36 heavy (non-hydrogen) atoms. The van der Waals surface area contributed by atoms with Crippen LogP contribution in [0.5, 0.6) is 0 Å². The highest BCUT2D eigenvalue weighted by Crippen LogP contribution is 2.24. The third kappa shape index (κ3) is 6.73. The molecular weight excluding hydrogens is 462 g/mol. The van der Waals surface area contributed by atoms with Crippen molar-refractivity contribution >= 4 is 40.3 Å². The molecule has 0 atom stereocenters. The summed E-state index contributed by atoms with van der Waals surface area (Å²) in [5, 5.41) is 25.0. The van der Waals surface area contributed by atoms with E-state index in [1.165, 1.54) is 0 Å². The molecule has 0 bridgehead atoms. The smallest absolute Gasteiger partial charge is 0.304 e. The third-order valence-corrected chi connectivity index (χ3v) is 5.84. The Morgan fingerprint density at radius 1 is 1.17 bits per heavy atom. The van der Waals surface area contributed by atoms with E-state index >= 15 is 0 Å². The van der Waals surface area contributed by atoms with E-state index in [1.807, 2.05) is 18.2 Å². The van der Waals surface area contributed by atoms with Crippen molar-refractivity contribution in [1.29, 1.82) is 0 Å². The van der Waals surface area contributed by atoms with Gasteiger partial charge in [0.25, 0.3) is 0 Å². The number of aliphatic carboxylic acids is 1. The summed E-state index contributed by atoms with van der Waals surface area (Å²) in [6.45, 7) is 8.43. The van der Waals surface area contributed by atoms with Gasteiger partial charge in [-0.3, -0.25) is 9.69 Å². The molecule has 0 amide bonds. The van der Waals surface area contributed by atoms with Gasteiger partial charge in [0.2, 0.25) is 5.95 Å². The second-order valence-electron chi connectivity index (χ2n) is 9.01. The highest BCUT2D eigenvalue weighted by Gasteiger charge is 2.19. The van der Waals surface area contributed by atoms with Crippen molar-refractivity contribution in [3.63, 3.8) is 0 Å². The molecule has 0 radical (unpaired) electrons. The maximum atomic E-state index is 10.8. The van der Waals surface area contributed by atoms with Crippen molar-refractivity contribution in [2.75, 3.05) is 62.0 Å². The van der Waals surface area contributed by atoms with Gasteiger partial charge in [-0.15, -0.1) is 10.2 Å². The van der Waals surface area contributed by atoms with Crippen molar-refractivity contribution in [3.8, 4) is 0 Å². The number of ether oxygens (including phenoxy) is 1. The van der Waals surface area contributed by atoms with Crippen LogP contribution in [0.1, 0.15) is 26.0 Å². The number of hydrogen-bond acceptors (Lipinski definition) is 11. The predicted octanol–water partition coefficient (Wildman–Crippen LogP) is 2.16. The highest BCUT2D eigenvalue weighted by atomic mass is 16.5. The fraction of sp³-hybridized carbons (Fsp3) is 0.500. The van der Waals surface area contributed by atoms with Crippen LogP contribution in [-0.2, 0) is 16.0 Å². The van der Waals surface area contributed by atoms with Gasteiger partial charge in [0, 0.05) is 69.6 Å². The molecule has 192 valence electrons. The lowest BCUT2D eigenvalue weighted by Gasteiger charge is -2.34. The van der Waals surface area contributed by atoms with Crippen LogP contribution in [0.2, 0.25) is 0 Å². The fourth-order valence-corrected chi connectivity index (χ4v) is 3.99. The quantitative estimate of drug-likeness (QED) is 0.359. The first-order chi connectivity index (χ1) is 17.4. The molecule has 3 N–H and O–H groups in total. The molecule has 0 spiro atoms. The second-order valence-corrected chi connectivity index (χ2v) is 9.01. The van der Waals surface area contributed by atoms with Gasteiger partial charge in [-0.25, -0.2) is 15.0 Å². The maximum absolute atomic E-state index is 10.8. The SMILES string of the molecule is COCCc1cc2cnc(Nc3ccc(N4CCN(CCC(=O)O)CC4)nn3)nc2c(NC(C)C)n1. The number of methoxy groups -OCH3 is 1. The molecule has 1 fully saturated rings. The standard InChI is InChI=1S/C24H33N9O3/c1-16(2)26-23-22-17(14-18(27-23)7-13-36-3)15-25-24(29-22)28-19-4-5-20(31-30-19)33-11-9-32(10-12-33)8-6-21(34)35/h4-5,14-16H,6-13H2,1-3H3,(H,26,27)(H,34,35)(H,25,28,29,30). The normalized spacial score (nSPS) is 14.4. The zero-order chi connectivity index (χ0) is 25.5. The first kappa shape index (κ1) is 25.5. The molecule has 12 heteroatoms. The molecule has 3 aromatic rings. The van der Waals surface area contributed by atoms with Crippen LogP contribution in [0, 0.1) is 0 Å². The number of piperazine rings is 1. The van der Waals surface area contributed by atoms with Gasteiger partial charge in [0.05, 0.1) is 13.0 Å².